The zero-order valence-corrected chi connectivity index (χ0v) is 13.1. The standard InChI is InChI=1S/C9H13NO6S.Na/c1-9(2)5(8(13)14)10-6(12)4(3-11)7(10)17(9,15)16;/h4-5,7,11H,3H2,1-2H3,(H,13,14);/q;+1/p-1/t4-,5+,7-;/m1./s1. The van der Waals surface area contributed by atoms with Crippen molar-refractivity contribution in [2.24, 2.45) is 5.92 Å². The van der Waals surface area contributed by atoms with Crippen molar-refractivity contribution in [1.29, 1.82) is 0 Å². The van der Waals surface area contributed by atoms with Crippen molar-refractivity contribution in [2.45, 2.75) is 30.0 Å². The van der Waals surface area contributed by atoms with Gasteiger partial charge < -0.3 is 19.9 Å². The molecule has 18 heavy (non-hydrogen) atoms. The number of aliphatic hydroxyl groups is 1. The predicted molar refractivity (Wildman–Crippen MR) is 53.0 cm³/mol. The number of carboxylic acids is 1. The van der Waals surface area contributed by atoms with E-state index in [2.05, 4.69) is 0 Å². The summed E-state index contributed by atoms with van der Waals surface area (Å²) in [6, 6.07) is -1.49. The fourth-order valence-electron chi connectivity index (χ4n) is 2.56. The first-order chi connectivity index (χ1) is 7.67. The molecule has 0 aromatic carbocycles. The SMILES string of the molecule is CC1(C)[C@H](C(=O)[O-])N2C(=O)[C@@H](CO)[C@H]2S1(=O)=O.[Na+]. The predicted octanol–water partition coefficient (Wildman–Crippen LogP) is -5.91. The summed E-state index contributed by atoms with van der Waals surface area (Å²) in [6.07, 6.45) is 0. The van der Waals surface area contributed by atoms with Crippen LogP contribution in [0.1, 0.15) is 13.8 Å². The maximum absolute atomic E-state index is 12.1. The molecule has 0 saturated carbocycles. The Kier molecular flexibility index (Phi) is 3.93. The molecule has 3 atom stereocenters. The number of amides is 1. The molecule has 2 aliphatic heterocycles. The Morgan fingerprint density at radius 3 is 2.39 bits per heavy atom. The molecule has 0 radical (unpaired) electrons. The van der Waals surface area contributed by atoms with E-state index in [4.69, 9.17) is 5.11 Å². The fraction of sp³-hybridized carbons (Fsp3) is 0.778. The zero-order valence-electron chi connectivity index (χ0n) is 10.3. The second kappa shape index (κ2) is 4.45. The molecule has 2 rings (SSSR count). The number of sulfone groups is 1. The van der Waals surface area contributed by atoms with Crippen LogP contribution in [-0.4, -0.2) is 53.1 Å². The summed E-state index contributed by atoms with van der Waals surface area (Å²) < 4.78 is 22.6. The average Bonchev–Trinajstić information content (AvgIpc) is 2.32. The smallest absolute Gasteiger partial charge is 0.548 e. The Labute approximate surface area is 126 Å². The molecule has 0 unspecified atom stereocenters. The third-order valence-electron chi connectivity index (χ3n) is 3.60. The average molecular weight is 285 g/mol. The van der Waals surface area contributed by atoms with Gasteiger partial charge in [0, 0.05) is 0 Å². The maximum atomic E-state index is 12.1. The zero-order chi connectivity index (χ0) is 13.2. The van der Waals surface area contributed by atoms with Crippen molar-refractivity contribution in [3.8, 4) is 0 Å². The number of hydrogen-bond acceptors (Lipinski definition) is 6. The van der Waals surface area contributed by atoms with Crippen molar-refractivity contribution >= 4 is 21.7 Å². The van der Waals surface area contributed by atoms with E-state index in [0.717, 1.165) is 4.90 Å². The molecule has 9 heteroatoms. The number of carbonyl (C=O) groups excluding carboxylic acids is 2. The summed E-state index contributed by atoms with van der Waals surface area (Å²) >= 11 is 0. The van der Waals surface area contributed by atoms with Crippen LogP contribution in [-0.2, 0) is 19.4 Å². The van der Waals surface area contributed by atoms with E-state index in [0.29, 0.717) is 0 Å². The number of β-lactam (4-membered cyclic amide) rings is 1. The Bertz CT molecular complexity index is 501. The number of carboxylic acid groups (broad SMARTS) is 1. The van der Waals surface area contributed by atoms with Gasteiger partial charge in [-0.05, 0) is 13.8 Å². The van der Waals surface area contributed by atoms with Gasteiger partial charge in [-0.25, -0.2) is 8.42 Å². The molecule has 96 valence electrons. The molecule has 0 spiro atoms. The van der Waals surface area contributed by atoms with Crippen LogP contribution in [0.15, 0.2) is 0 Å². The molecular formula is C9H12NNaO6S. The van der Waals surface area contributed by atoms with Crippen LogP contribution in [0.25, 0.3) is 0 Å². The summed E-state index contributed by atoms with van der Waals surface area (Å²) in [7, 11) is -3.83. The molecule has 0 aliphatic carbocycles. The van der Waals surface area contributed by atoms with E-state index in [1.807, 2.05) is 0 Å². The Balaban J connectivity index is 0.00000162. The summed E-state index contributed by atoms with van der Waals surface area (Å²) in [6.45, 7) is 1.90. The normalized spacial score (nSPS) is 35.4. The van der Waals surface area contributed by atoms with Crippen LogP contribution in [0.5, 0.6) is 0 Å². The van der Waals surface area contributed by atoms with Crippen LogP contribution in [0.3, 0.4) is 0 Å². The minimum Gasteiger partial charge on any atom is -0.548 e. The summed E-state index contributed by atoms with van der Waals surface area (Å²) in [5.41, 5.74) is 0. The monoisotopic (exact) mass is 285 g/mol. The Morgan fingerprint density at radius 1 is 1.50 bits per heavy atom. The Hall–Kier alpha value is -0.150. The second-order valence-electron chi connectivity index (χ2n) is 4.80. The van der Waals surface area contributed by atoms with Crippen LogP contribution in [0.2, 0.25) is 0 Å². The van der Waals surface area contributed by atoms with Gasteiger partial charge >= 0.3 is 29.6 Å². The molecular weight excluding hydrogens is 273 g/mol. The summed E-state index contributed by atoms with van der Waals surface area (Å²) in [5.74, 6) is -3.30. The van der Waals surface area contributed by atoms with Gasteiger partial charge in [0.1, 0.15) is 5.37 Å². The van der Waals surface area contributed by atoms with Crippen molar-refractivity contribution in [3.63, 3.8) is 0 Å². The van der Waals surface area contributed by atoms with Gasteiger partial charge in [0.05, 0.1) is 29.3 Å². The minimum atomic E-state index is -3.83. The van der Waals surface area contributed by atoms with Crippen molar-refractivity contribution in [2.75, 3.05) is 6.61 Å². The van der Waals surface area contributed by atoms with E-state index in [1.165, 1.54) is 13.8 Å². The number of carbonyl (C=O) groups is 2. The van der Waals surface area contributed by atoms with E-state index >= 15 is 0 Å². The van der Waals surface area contributed by atoms with Gasteiger partial charge in [0.2, 0.25) is 5.91 Å². The second-order valence-corrected chi connectivity index (χ2v) is 7.42. The quantitative estimate of drug-likeness (QED) is 0.399. The molecule has 2 saturated heterocycles. The molecule has 0 aromatic rings. The number of nitrogens with zero attached hydrogens (tertiary/aromatic N) is 1. The molecule has 2 aliphatic rings. The van der Waals surface area contributed by atoms with Gasteiger partial charge in [-0.15, -0.1) is 0 Å². The first kappa shape index (κ1) is 15.9. The van der Waals surface area contributed by atoms with E-state index in [-0.39, 0.29) is 29.6 Å². The third-order valence-corrected chi connectivity index (χ3v) is 6.48. The largest absolute Gasteiger partial charge is 1.00 e. The molecule has 1 amide bonds. The number of aliphatic carboxylic acids is 1. The third kappa shape index (κ3) is 1.59. The summed E-state index contributed by atoms with van der Waals surface area (Å²) in [5, 5.41) is 18.7. The first-order valence-corrected chi connectivity index (χ1v) is 6.60. The topological polar surface area (TPSA) is 115 Å². The van der Waals surface area contributed by atoms with E-state index < -0.39 is 50.4 Å². The number of rotatable bonds is 2. The number of aliphatic hydroxyl groups excluding tert-OH is 1. The molecule has 7 nitrogen and oxygen atoms in total. The molecule has 2 heterocycles. The molecule has 1 N–H and O–H groups in total. The maximum Gasteiger partial charge on any atom is 1.00 e. The van der Waals surface area contributed by atoms with Crippen LogP contribution in [0.4, 0.5) is 0 Å². The van der Waals surface area contributed by atoms with E-state index in [1.54, 1.807) is 0 Å². The molecule has 2 fully saturated rings. The Morgan fingerprint density at radius 2 is 2.00 bits per heavy atom. The van der Waals surface area contributed by atoms with Crippen LogP contribution < -0.4 is 34.7 Å². The molecule has 0 bridgehead atoms. The van der Waals surface area contributed by atoms with Gasteiger partial charge in [-0.2, -0.15) is 0 Å². The van der Waals surface area contributed by atoms with Gasteiger partial charge in [0.25, 0.3) is 0 Å². The fourth-order valence-corrected chi connectivity index (χ4v) is 4.86. The summed E-state index contributed by atoms with van der Waals surface area (Å²) in [4.78, 5) is 23.4. The number of fused-ring (bicyclic) bond motifs is 1. The van der Waals surface area contributed by atoms with Crippen LogP contribution in [0, 0.1) is 5.92 Å². The van der Waals surface area contributed by atoms with Gasteiger partial charge in [-0.1, -0.05) is 0 Å². The number of hydrogen-bond donors (Lipinski definition) is 1. The van der Waals surface area contributed by atoms with E-state index in [9.17, 15) is 23.1 Å². The van der Waals surface area contributed by atoms with Gasteiger partial charge in [0.15, 0.2) is 9.84 Å². The van der Waals surface area contributed by atoms with Crippen molar-refractivity contribution in [1.82, 2.24) is 4.90 Å². The first-order valence-electron chi connectivity index (χ1n) is 5.05. The van der Waals surface area contributed by atoms with Crippen molar-refractivity contribution in [3.05, 3.63) is 0 Å². The van der Waals surface area contributed by atoms with Crippen molar-refractivity contribution < 1.29 is 57.8 Å². The minimum absolute atomic E-state index is 0. The van der Waals surface area contributed by atoms with Crippen LogP contribution >= 0.6 is 0 Å². The molecule has 0 aromatic heterocycles. The van der Waals surface area contributed by atoms with Gasteiger partial charge in [-0.3, -0.25) is 4.79 Å².